The zero-order valence-corrected chi connectivity index (χ0v) is 11.8. The minimum atomic E-state index is 0.690. The average molecular weight is 299 g/mol. The third kappa shape index (κ3) is 3.12. The third-order valence-electron chi connectivity index (χ3n) is 3.30. The van der Waals surface area contributed by atoms with Gasteiger partial charge in [-0.15, -0.1) is 0 Å². The highest BCUT2D eigenvalue weighted by atomic mass is 79.9. The van der Waals surface area contributed by atoms with Crippen molar-refractivity contribution < 1.29 is 4.74 Å². The van der Waals surface area contributed by atoms with E-state index >= 15 is 0 Å². The highest BCUT2D eigenvalue weighted by molar-refractivity contribution is 9.09. The number of rotatable bonds is 6. The molecule has 17 heavy (non-hydrogen) atoms. The second-order valence-electron chi connectivity index (χ2n) is 4.38. The van der Waals surface area contributed by atoms with Gasteiger partial charge in [0.25, 0.3) is 0 Å². The molecule has 0 amide bonds. The Labute approximate surface area is 111 Å². The predicted molar refractivity (Wildman–Crippen MR) is 74.2 cm³/mol. The molecule has 1 aromatic heterocycles. The van der Waals surface area contributed by atoms with Crippen molar-refractivity contribution in [1.29, 1.82) is 0 Å². The van der Waals surface area contributed by atoms with Gasteiger partial charge in [-0.2, -0.15) is 0 Å². The molecule has 0 unspecified atom stereocenters. The number of halogens is 1. The fourth-order valence-electron chi connectivity index (χ4n) is 2.08. The lowest BCUT2D eigenvalue weighted by Gasteiger charge is -2.38. The molecule has 0 saturated heterocycles. The van der Waals surface area contributed by atoms with Crippen molar-refractivity contribution >= 4 is 21.7 Å². The minimum absolute atomic E-state index is 0.690. The van der Waals surface area contributed by atoms with Crippen LogP contribution in [0.3, 0.4) is 0 Å². The summed E-state index contributed by atoms with van der Waals surface area (Å²) in [5.41, 5.74) is 0. The van der Waals surface area contributed by atoms with Gasteiger partial charge in [0.1, 0.15) is 11.6 Å². The van der Waals surface area contributed by atoms with Crippen LogP contribution in [-0.2, 0) is 0 Å². The quantitative estimate of drug-likeness (QED) is 0.754. The SMILES string of the molecule is COc1ccc(N(CCCBr)C2CCC2)nc1. The number of nitrogens with zero attached hydrogens (tertiary/aromatic N) is 2. The van der Waals surface area contributed by atoms with Crippen molar-refractivity contribution in [2.45, 2.75) is 31.7 Å². The summed E-state index contributed by atoms with van der Waals surface area (Å²) < 4.78 is 5.14. The van der Waals surface area contributed by atoms with Crippen LogP contribution in [-0.4, -0.2) is 30.0 Å². The van der Waals surface area contributed by atoms with Crippen LogP contribution >= 0.6 is 15.9 Å². The highest BCUT2D eigenvalue weighted by Crippen LogP contribution is 2.29. The van der Waals surface area contributed by atoms with Gasteiger partial charge in [0, 0.05) is 17.9 Å². The van der Waals surface area contributed by atoms with Gasteiger partial charge in [-0.25, -0.2) is 4.98 Å². The van der Waals surface area contributed by atoms with E-state index in [0.29, 0.717) is 6.04 Å². The molecule has 1 aromatic rings. The van der Waals surface area contributed by atoms with Gasteiger partial charge in [0.2, 0.25) is 0 Å². The van der Waals surface area contributed by atoms with E-state index in [4.69, 9.17) is 4.74 Å². The predicted octanol–water partition coefficient (Wildman–Crippen LogP) is 3.23. The zero-order valence-electron chi connectivity index (χ0n) is 10.2. The van der Waals surface area contributed by atoms with E-state index < -0.39 is 0 Å². The molecule has 3 nitrogen and oxygen atoms in total. The smallest absolute Gasteiger partial charge is 0.137 e. The number of alkyl halides is 1. The second-order valence-corrected chi connectivity index (χ2v) is 5.17. The topological polar surface area (TPSA) is 25.4 Å². The molecule has 0 spiro atoms. The zero-order chi connectivity index (χ0) is 12.1. The van der Waals surface area contributed by atoms with Gasteiger partial charge >= 0.3 is 0 Å². The lowest BCUT2D eigenvalue weighted by molar-refractivity contribution is 0.383. The Hall–Kier alpha value is -0.770. The molecular weight excluding hydrogens is 280 g/mol. The lowest BCUT2D eigenvalue weighted by Crippen LogP contribution is -2.41. The molecule has 0 N–H and O–H groups in total. The molecule has 0 aromatic carbocycles. The van der Waals surface area contributed by atoms with Crippen LogP contribution in [0.5, 0.6) is 5.75 Å². The van der Waals surface area contributed by atoms with Crippen LogP contribution in [0.2, 0.25) is 0 Å². The monoisotopic (exact) mass is 298 g/mol. The molecule has 1 aliphatic rings. The molecule has 1 heterocycles. The summed E-state index contributed by atoms with van der Waals surface area (Å²) in [6.45, 7) is 1.08. The summed E-state index contributed by atoms with van der Waals surface area (Å²) in [6, 6.07) is 4.74. The third-order valence-corrected chi connectivity index (χ3v) is 3.86. The van der Waals surface area contributed by atoms with Gasteiger partial charge in [-0.3, -0.25) is 0 Å². The number of aromatic nitrogens is 1. The maximum Gasteiger partial charge on any atom is 0.137 e. The molecule has 0 atom stereocenters. The van der Waals surface area contributed by atoms with Gasteiger partial charge in [-0.1, -0.05) is 15.9 Å². The van der Waals surface area contributed by atoms with Crippen molar-refractivity contribution in [3.8, 4) is 5.75 Å². The molecule has 2 rings (SSSR count). The summed E-state index contributed by atoms with van der Waals surface area (Å²) in [7, 11) is 1.67. The summed E-state index contributed by atoms with van der Waals surface area (Å²) in [5, 5.41) is 1.05. The second kappa shape index (κ2) is 6.24. The molecule has 1 fully saturated rings. The largest absolute Gasteiger partial charge is 0.495 e. The van der Waals surface area contributed by atoms with E-state index in [1.54, 1.807) is 13.3 Å². The molecular formula is C13H19BrN2O. The van der Waals surface area contributed by atoms with Crippen molar-refractivity contribution in [3.63, 3.8) is 0 Å². The molecule has 1 aliphatic carbocycles. The van der Waals surface area contributed by atoms with Gasteiger partial charge < -0.3 is 9.64 Å². The molecule has 1 saturated carbocycles. The molecule has 0 radical (unpaired) electrons. The standard InChI is InChI=1S/C13H19BrN2O/c1-17-12-6-7-13(15-10-12)16(9-3-8-14)11-4-2-5-11/h6-7,10-11H,2-5,8-9H2,1H3. The number of pyridine rings is 1. The normalized spacial score (nSPS) is 15.4. The Morgan fingerprint density at radius 2 is 2.29 bits per heavy atom. The first-order chi connectivity index (χ1) is 8.35. The summed E-state index contributed by atoms with van der Waals surface area (Å²) in [6.07, 6.45) is 6.91. The van der Waals surface area contributed by atoms with E-state index in [1.807, 2.05) is 6.07 Å². The first-order valence-electron chi connectivity index (χ1n) is 6.18. The Kier molecular flexibility index (Phi) is 4.66. The summed E-state index contributed by atoms with van der Waals surface area (Å²) in [5.74, 6) is 1.90. The van der Waals surface area contributed by atoms with Crippen LogP contribution < -0.4 is 9.64 Å². The summed E-state index contributed by atoms with van der Waals surface area (Å²) >= 11 is 3.50. The van der Waals surface area contributed by atoms with Crippen LogP contribution in [0, 0.1) is 0 Å². The number of hydrogen-bond donors (Lipinski definition) is 0. The van der Waals surface area contributed by atoms with Crippen LogP contribution in [0.25, 0.3) is 0 Å². The van der Waals surface area contributed by atoms with E-state index in [0.717, 1.165) is 29.9 Å². The molecule has 94 valence electrons. The van der Waals surface area contributed by atoms with E-state index in [1.165, 1.54) is 19.3 Å². The van der Waals surface area contributed by atoms with Crippen molar-refractivity contribution in [2.75, 3.05) is 23.9 Å². The van der Waals surface area contributed by atoms with E-state index in [2.05, 4.69) is 31.9 Å². The fourth-order valence-corrected chi connectivity index (χ4v) is 2.33. The summed E-state index contributed by atoms with van der Waals surface area (Å²) in [4.78, 5) is 6.93. The number of ether oxygens (including phenoxy) is 1. The van der Waals surface area contributed by atoms with Gasteiger partial charge in [-0.05, 0) is 37.8 Å². The highest BCUT2D eigenvalue weighted by Gasteiger charge is 2.25. The Bertz CT molecular complexity index is 338. The number of anilines is 1. The Morgan fingerprint density at radius 1 is 1.47 bits per heavy atom. The van der Waals surface area contributed by atoms with Crippen LogP contribution in [0.15, 0.2) is 18.3 Å². The van der Waals surface area contributed by atoms with Gasteiger partial charge in [0.05, 0.1) is 13.3 Å². The number of hydrogen-bond acceptors (Lipinski definition) is 3. The van der Waals surface area contributed by atoms with Gasteiger partial charge in [0.15, 0.2) is 0 Å². The van der Waals surface area contributed by atoms with Crippen molar-refractivity contribution in [1.82, 2.24) is 4.98 Å². The maximum absolute atomic E-state index is 5.14. The number of methoxy groups -OCH3 is 1. The van der Waals surface area contributed by atoms with E-state index in [9.17, 15) is 0 Å². The minimum Gasteiger partial charge on any atom is -0.495 e. The Balaban J connectivity index is 2.06. The first-order valence-corrected chi connectivity index (χ1v) is 7.30. The molecule has 0 aliphatic heterocycles. The van der Waals surface area contributed by atoms with Crippen LogP contribution in [0.1, 0.15) is 25.7 Å². The molecule has 0 bridgehead atoms. The fraction of sp³-hybridized carbons (Fsp3) is 0.615. The maximum atomic E-state index is 5.14. The average Bonchev–Trinajstić information content (AvgIpc) is 2.32. The first kappa shape index (κ1) is 12.7. The van der Waals surface area contributed by atoms with E-state index in [-0.39, 0.29) is 0 Å². The molecule has 4 heteroatoms. The van der Waals surface area contributed by atoms with Crippen molar-refractivity contribution in [2.24, 2.45) is 0 Å². The lowest BCUT2D eigenvalue weighted by atomic mass is 9.91. The van der Waals surface area contributed by atoms with Crippen LogP contribution in [0.4, 0.5) is 5.82 Å². The Morgan fingerprint density at radius 3 is 2.76 bits per heavy atom. The van der Waals surface area contributed by atoms with Crippen molar-refractivity contribution in [3.05, 3.63) is 18.3 Å².